The van der Waals surface area contributed by atoms with Gasteiger partial charge in [-0.15, -0.1) is 0 Å². The second-order valence-electron chi connectivity index (χ2n) is 7.05. The Labute approximate surface area is 148 Å². The molecule has 0 saturated carbocycles. The van der Waals surface area contributed by atoms with Crippen molar-refractivity contribution in [3.05, 3.63) is 51.6 Å². The maximum absolute atomic E-state index is 14.8. The van der Waals surface area contributed by atoms with Crippen LogP contribution in [0.15, 0.2) is 29.1 Å². The van der Waals surface area contributed by atoms with E-state index < -0.39 is 0 Å². The Morgan fingerprint density at radius 3 is 2.68 bits per heavy atom. The van der Waals surface area contributed by atoms with Gasteiger partial charge in [0.05, 0.1) is 5.69 Å². The highest BCUT2D eigenvalue weighted by atomic mass is 19.1. The number of rotatable bonds is 4. The van der Waals surface area contributed by atoms with Gasteiger partial charge in [-0.25, -0.2) is 4.39 Å². The lowest BCUT2D eigenvalue weighted by Crippen LogP contribution is -2.31. The topological polar surface area (TPSA) is 39.3 Å². The molecule has 1 aliphatic heterocycles. The minimum atomic E-state index is -0.292. The van der Waals surface area contributed by atoms with Crippen molar-refractivity contribution in [2.45, 2.75) is 32.7 Å². The molecule has 25 heavy (non-hydrogen) atoms. The lowest BCUT2D eigenvalue weighted by molar-refractivity contribution is 0.315. The Morgan fingerprint density at radius 2 is 2.08 bits per heavy atom. The number of likely N-dealkylation sites (N-methyl/N-ethyl adjacent to an activating group) is 1. The van der Waals surface area contributed by atoms with E-state index in [-0.39, 0.29) is 11.4 Å². The molecule has 0 radical (unpaired) electrons. The number of H-pyrrole nitrogens is 1. The predicted octanol–water partition coefficient (Wildman–Crippen LogP) is 3.19. The summed E-state index contributed by atoms with van der Waals surface area (Å²) in [6, 6.07) is 7.68. The Morgan fingerprint density at radius 1 is 1.32 bits per heavy atom. The third-order valence-corrected chi connectivity index (χ3v) is 5.17. The zero-order chi connectivity index (χ0) is 18.1. The third-order valence-electron chi connectivity index (χ3n) is 5.17. The first-order chi connectivity index (χ1) is 11.9. The summed E-state index contributed by atoms with van der Waals surface area (Å²) in [7, 11) is 4.16. The van der Waals surface area contributed by atoms with Crippen molar-refractivity contribution in [1.82, 2.24) is 9.88 Å². The zero-order valence-electron chi connectivity index (χ0n) is 15.4. The number of anilines is 1. The third kappa shape index (κ3) is 3.47. The average molecular weight is 343 g/mol. The van der Waals surface area contributed by atoms with E-state index in [1.54, 1.807) is 19.1 Å². The smallest absolute Gasteiger partial charge is 0.251 e. The molecule has 0 aliphatic carbocycles. The number of benzene rings is 1. The molecule has 1 fully saturated rings. The molecule has 0 amide bonds. The molecule has 1 aromatic heterocycles. The fourth-order valence-electron chi connectivity index (χ4n) is 3.51. The molecule has 3 rings (SSSR count). The highest BCUT2D eigenvalue weighted by molar-refractivity contribution is 5.67. The summed E-state index contributed by atoms with van der Waals surface area (Å²) >= 11 is 0. The number of halogens is 1. The van der Waals surface area contributed by atoms with E-state index in [0.29, 0.717) is 22.9 Å². The maximum Gasteiger partial charge on any atom is 0.251 e. The largest absolute Gasteiger partial charge is 0.370 e. The SMILES string of the molecule is CCc1cc(C)c(=O)[nH]c1-c1ccc(N2CCC(N(C)C)C2)cc1F. The van der Waals surface area contributed by atoms with Gasteiger partial charge >= 0.3 is 0 Å². The van der Waals surface area contributed by atoms with E-state index >= 15 is 0 Å². The van der Waals surface area contributed by atoms with Crippen LogP contribution in [0.3, 0.4) is 0 Å². The summed E-state index contributed by atoms with van der Waals surface area (Å²) in [4.78, 5) is 19.3. The molecule has 1 aromatic carbocycles. The second-order valence-corrected chi connectivity index (χ2v) is 7.05. The predicted molar refractivity (Wildman–Crippen MR) is 101 cm³/mol. The number of aromatic nitrogens is 1. The van der Waals surface area contributed by atoms with E-state index in [1.807, 2.05) is 19.1 Å². The van der Waals surface area contributed by atoms with Gasteiger partial charge in [-0.05, 0) is 63.7 Å². The first-order valence-corrected chi connectivity index (χ1v) is 8.84. The van der Waals surface area contributed by atoms with Crippen LogP contribution in [-0.2, 0) is 6.42 Å². The lowest BCUT2D eigenvalue weighted by Gasteiger charge is -2.22. The monoisotopic (exact) mass is 343 g/mol. The minimum Gasteiger partial charge on any atom is -0.370 e. The molecule has 1 unspecified atom stereocenters. The highest BCUT2D eigenvalue weighted by Crippen LogP contribution is 2.29. The summed E-state index contributed by atoms with van der Waals surface area (Å²) in [5.74, 6) is -0.292. The van der Waals surface area contributed by atoms with E-state index in [9.17, 15) is 9.18 Å². The van der Waals surface area contributed by atoms with E-state index in [1.165, 1.54) is 0 Å². The van der Waals surface area contributed by atoms with Gasteiger partial charge in [0.15, 0.2) is 0 Å². The molecule has 1 N–H and O–H groups in total. The zero-order valence-corrected chi connectivity index (χ0v) is 15.4. The van der Waals surface area contributed by atoms with Gasteiger partial charge in [0, 0.05) is 35.9 Å². The normalized spacial score (nSPS) is 17.5. The average Bonchev–Trinajstić information content (AvgIpc) is 3.07. The molecule has 0 bridgehead atoms. The van der Waals surface area contributed by atoms with Crippen LogP contribution in [0.1, 0.15) is 24.5 Å². The molecule has 1 saturated heterocycles. The van der Waals surface area contributed by atoms with Crippen LogP contribution in [-0.4, -0.2) is 43.1 Å². The molecule has 2 aromatic rings. The Hall–Kier alpha value is -2.14. The van der Waals surface area contributed by atoms with Crippen molar-refractivity contribution in [3.63, 3.8) is 0 Å². The Balaban J connectivity index is 1.94. The van der Waals surface area contributed by atoms with Gasteiger partial charge in [0.2, 0.25) is 0 Å². The van der Waals surface area contributed by atoms with Crippen LogP contribution in [0.25, 0.3) is 11.3 Å². The van der Waals surface area contributed by atoms with Gasteiger partial charge < -0.3 is 14.8 Å². The van der Waals surface area contributed by atoms with Gasteiger partial charge in [0.1, 0.15) is 5.82 Å². The molecule has 1 aliphatic rings. The second kappa shape index (κ2) is 7.00. The number of nitrogens with zero attached hydrogens (tertiary/aromatic N) is 2. The van der Waals surface area contributed by atoms with Crippen LogP contribution in [0, 0.1) is 12.7 Å². The number of hydrogen-bond acceptors (Lipinski definition) is 3. The first-order valence-electron chi connectivity index (χ1n) is 8.84. The molecular weight excluding hydrogens is 317 g/mol. The summed E-state index contributed by atoms with van der Waals surface area (Å²) in [5, 5.41) is 0. The molecule has 0 spiro atoms. The molecule has 2 heterocycles. The summed E-state index contributed by atoms with van der Waals surface area (Å²) in [6.07, 6.45) is 1.83. The maximum atomic E-state index is 14.8. The Kier molecular flexibility index (Phi) is 4.95. The standard InChI is InChI=1S/C20H26FN3O/c1-5-14-10-13(2)20(25)22-19(14)17-7-6-15(11-18(17)21)24-9-8-16(12-24)23(3)4/h6-7,10-11,16H,5,8-9,12H2,1-4H3,(H,22,25). The van der Waals surface area contributed by atoms with Crippen LogP contribution >= 0.6 is 0 Å². The Bertz CT molecular complexity index is 828. The number of pyridine rings is 1. The quantitative estimate of drug-likeness (QED) is 0.927. The molecule has 4 nitrogen and oxygen atoms in total. The van der Waals surface area contributed by atoms with E-state index in [2.05, 4.69) is 28.9 Å². The van der Waals surface area contributed by atoms with Crippen molar-refractivity contribution >= 4 is 5.69 Å². The van der Waals surface area contributed by atoms with Crippen LogP contribution in [0.4, 0.5) is 10.1 Å². The van der Waals surface area contributed by atoms with E-state index in [4.69, 9.17) is 0 Å². The summed E-state index contributed by atoms with van der Waals surface area (Å²) < 4.78 is 14.8. The molecule has 5 heteroatoms. The number of aromatic amines is 1. The van der Waals surface area contributed by atoms with Crippen molar-refractivity contribution in [3.8, 4) is 11.3 Å². The van der Waals surface area contributed by atoms with Gasteiger partial charge in [-0.3, -0.25) is 4.79 Å². The minimum absolute atomic E-state index is 0.163. The molecule has 1 atom stereocenters. The van der Waals surface area contributed by atoms with Gasteiger partial charge in [0.25, 0.3) is 5.56 Å². The summed E-state index contributed by atoms with van der Waals surface area (Å²) in [5.41, 5.74) is 3.40. The van der Waals surface area contributed by atoms with Crippen LogP contribution in [0.2, 0.25) is 0 Å². The first kappa shape index (κ1) is 17.7. The fourth-order valence-corrected chi connectivity index (χ4v) is 3.51. The summed E-state index contributed by atoms with van der Waals surface area (Å²) in [6.45, 7) is 5.63. The highest BCUT2D eigenvalue weighted by Gasteiger charge is 2.24. The number of aryl methyl sites for hydroxylation is 2. The van der Waals surface area contributed by atoms with Crippen molar-refractivity contribution in [2.75, 3.05) is 32.1 Å². The van der Waals surface area contributed by atoms with Crippen molar-refractivity contribution < 1.29 is 4.39 Å². The lowest BCUT2D eigenvalue weighted by atomic mass is 10.0. The fraction of sp³-hybridized carbons (Fsp3) is 0.450. The van der Waals surface area contributed by atoms with Gasteiger partial charge in [-0.1, -0.05) is 6.92 Å². The van der Waals surface area contributed by atoms with E-state index in [0.717, 1.165) is 37.2 Å². The van der Waals surface area contributed by atoms with Crippen molar-refractivity contribution in [1.29, 1.82) is 0 Å². The molecular formula is C20H26FN3O. The molecule has 134 valence electrons. The number of hydrogen-bond donors (Lipinski definition) is 1. The van der Waals surface area contributed by atoms with Crippen LogP contribution < -0.4 is 10.5 Å². The van der Waals surface area contributed by atoms with Crippen molar-refractivity contribution in [2.24, 2.45) is 0 Å². The van der Waals surface area contributed by atoms with Crippen LogP contribution in [0.5, 0.6) is 0 Å². The number of nitrogens with one attached hydrogen (secondary N) is 1. The van der Waals surface area contributed by atoms with Gasteiger partial charge in [-0.2, -0.15) is 0 Å².